The third kappa shape index (κ3) is 2.79. The summed E-state index contributed by atoms with van der Waals surface area (Å²) in [6.45, 7) is 7.01. The molecule has 0 aromatic heterocycles. The summed E-state index contributed by atoms with van der Waals surface area (Å²) in [5.41, 5.74) is 4.07. The maximum atomic E-state index is 10.7. The lowest BCUT2D eigenvalue weighted by molar-refractivity contribution is 0.213. The third-order valence-electron chi connectivity index (χ3n) is 4.89. The van der Waals surface area contributed by atoms with Crippen LogP contribution in [0.2, 0.25) is 0 Å². The van der Waals surface area contributed by atoms with Gasteiger partial charge in [0.25, 0.3) is 0 Å². The van der Waals surface area contributed by atoms with Gasteiger partial charge in [-0.1, -0.05) is 43.2 Å². The lowest BCUT2D eigenvalue weighted by Crippen LogP contribution is -2.41. The van der Waals surface area contributed by atoms with E-state index in [0.717, 1.165) is 5.57 Å². The van der Waals surface area contributed by atoms with E-state index in [4.69, 9.17) is 0 Å². The second-order valence-electron chi connectivity index (χ2n) is 7.66. The zero-order valence-electron chi connectivity index (χ0n) is 13.4. The van der Waals surface area contributed by atoms with E-state index in [1.807, 2.05) is 0 Å². The number of rotatable bonds is 3. The second-order valence-corrected chi connectivity index (χ2v) is 7.66. The van der Waals surface area contributed by atoms with E-state index in [2.05, 4.69) is 56.4 Å². The van der Waals surface area contributed by atoms with Crippen LogP contribution in [0.5, 0.6) is 0 Å². The van der Waals surface area contributed by atoms with Crippen LogP contribution in [0, 0.1) is 0 Å². The lowest BCUT2D eigenvalue weighted by atomic mass is 9.81. The van der Waals surface area contributed by atoms with Crippen LogP contribution >= 0.6 is 0 Å². The fourth-order valence-electron chi connectivity index (χ4n) is 3.83. The van der Waals surface area contributed by atoms with Crippen molar-refractivity contribution in [3.63, 3.8) is 0 Å². The van der Waals surface area contributed by atoms with E-state index >= 15 is 0 Å². The first-order valence-electron chi connectivity index (χ1n) is 8.17. The van der Waals surface area contributed by atoms with Crippen molar-refractivity contribution in [1.82, 2.24) is 5.32 Å². The van der Waals surface area contributed by atoms with E-state index < -0.39 is 6.10 Å². The Bertz CT molecular complexity index is 547. The summed E-state index contributed by atoms with van der Waals surface area (Å²) in [6.07, 6.45) is 7.01. The Balaban J connectivity index is 1.88. The highest BCUT2D eigenvalue weighted by atomic mass is 16.3. The van der Waals surface area contributed by atoms with Gasteiger partial charge in [0.1, 0.15) is 0 Å². The number of hydrogen-bond acceptors (Lipinski definition) is 2. The molecule has 0 radical (unpaired) electrons. The quantitative estimate of drug-likeness (QED) is 0.888. The topological polar surface area (TPSA) is 32.3 Å². The van der Waals surface area contributed by atoms with Crippen molar-refractivity contribution in [3.05, 3.63) is 41.5 Å². The van der Waals surface area contributed by atoms with Crippen LogP contribution in [-0.2, 0) is 5.41 Å². The van der Waals surface area contributed by atoms with Crippen molar-refractivity contribution in [1.29, 1.82) is 0 Å². The van der Waals surface area contributed by atoms with E-state index in [1.165, 1.54) is 36.8 Å². The molecule has 1 spiro atoms. The Morgan fingerprint density at radius 1 is 1.19 bits per heavy atom. The average molecular weight is 285 g/mol. The summed E-state index contributed by atoms with van der Waals surface area (Å²) in [7, 11) is 0. The maximum absolute atomic E-state index is 10.7. The van der Waals surface area contributed by atoms with Crippen LogP contribution in [0.3, 0.4) is 0 Å². The van der Waals surface area contributed by atoms with E-state index in [1.54, 1.807) is 0 Å². The summed E-state index contributed by atoms with van der Waals surface area (Å²) in [5, 5.41) is 14.1. The molecule has 0 bridgehead atoms. The summed E-state index contributed by atoms with van der Waals surface area (Å²) in [4.78, 5) is 0. The monoisotopic (exact) mass is 285 g/mol. The van der Waals surface area contributed by atoms with Gasteiger partial charge in [-0.2, -0.15) is 0 Å². The van der Waals surface area contributed by atoms with Gasteiger partial charge in [-0.3, -0.25) is 0 Å². The number of aliphatic hydroxyl groups excluding tert-OH is 1. The molecule has 114 valence electrons. The Morgan fingerprint density at radius 2 is 1.86 bits per heavy atom. The standard InChI is InChI=1S/C19H27NO/c1-18(2,3)20-13-17(21)15-12-19(10-6-7-11-19)16-9-5-4-8-14(15)16/h4-5,8-9,12,17,20-21H,6-7,10-11,13H2,1-3H3. The van der Waals surface area contributed by atoms with Gasteiger partial charge in [0.2, 0.25) is 0 Å². The van der Waals surface area contributed by atoms with Gasteiger partial charge >= 0.3 is 0 Å². The third-order valence-corrected chi connectivity index (χ3v) is 4.89. The molecule has 0 amide bonds. The Hall–Kier alpha value is -1.12. The van der Waals surface area contributed by atoms with Crippen molar-refractivity contribution in [2.75, 3.05) is 6.54 Å². The summed E-state index contributed by atoms with van der Waals surface area (Å²) < 4.78 is 0. The van der Waals surface area contributed by atoms with Gasteiger partial charge in [-0.25, -0.2) is 0 Å². The van der Waals surface area contributed by atoms with Crippen molar-refractivity contribution in [3.8, 4) is 0 Å². The fourth-order valence-corrected chi connectivity index (χ4v) is 3.83. The number of aliphatic hydroxyl groups is 1. The molecule has 1 fully saturated rings. The minimum absolute atomic E-state index is 0.0324. The normalized spacial score (nSPS) is 21.4. The van der Waals surface area contributed by atoms with Crippen LogP contribution in [0.4, 0.5) is 0 Å². The van der Waals surface area contributed by atoms with Crippen molar-refractivity contribution in [2.24, 2.45) is 0 Å². The molecule has 0 saturated heterocycles. The summed E-state index contributed by atoms with van der Waals surface area (Å²) >= 11 is 0. The lowest BCUT2D eigenvalue weighted by Gasteiger charge is -2.23. The van der Waals surface area contributed by atoms with Gasteiger partial charge in [0.05, 0.1) is 6.10 Å². The molecule has 1 saturated carbocycles. The molecule has 2 N–H and O–H groups in total. The number of allylic oxidation sites excluding steroid dienone is 1. The molecule has 0 aliphatic heterocycles. The highest BCUT2D eigenvalue weighted by molar-refractivity contribution is 5.79. The molecule has 21 heavy (non-hydrogen) atoms. The molecular weight excluding hydrogens is 258 g/mol. The van der Waals surface area contributed by atoms with Crippen LogP contribution in [0.25, 0.3) is 5.57 Å². The second kappa shape index (κ2) is 5.26. The minimum atomic E-state index is -0.426. The first-order chi connectivity index (χ1) is 9.91. The Morgan fingerprint density at radius 3 is 2.52 bits per heavy atom. The molecule has 2 aliphatic rings. The van der Waals surface area contributed by atoms with Gasteiger partial charge in [-0.05, 0) is 50.3 Å². The van der Waals surface area contributed by atoms with E-state index in [-0.39, 0.29) is 11.0 Å². The minimum Gasteiger partial charge on any atom is -0.387 e. The molecule has 1 unspecified atom stereocenters. The van der Waals surface area contributed by atoms with Gasteiger partial charge < -0.3 is 10.4 Å². The Labute approximate surface area is 128 Å². The number of hydrogen-bond donors (Lipinski definition) is 2. The predicted octanol–water partition coefficient (Wildman–Crippen LogP) is 3.64. The van der Waals surface area contributed by atoms with E-state index in [9.17, 15) is 5.11 Å². The number of nitrogens with one attached hydrogen (secondary N) is 1. The maximum Gasteiger partial charge on any atom is 0.0917 e. The zero-order chi connectivity index (χ0) is 15.1. The molecular formula is C19H27NO. The first-order valence-corrected chi connectivity index (χ1v) is 8.17. The highest BCUT2D eigenvalue weighted by Gasteiger charge is 2.41. The van der Waals surface area contributed by atoms with Crippen LogP contribution in [-0.4, -0.2) is 23.3 Å². The molecule has 0 heterocycles. The molecule has 1 aromatic carbocycles. The van der Waals surface area contributed by atoms with Crippen molar-refractivity contribution in [2.45, 2.75) is 63.5 Å². The molecule has 2 nitrogen and oxygen atoms in total. The van der Waals surface area contributed by atoms with Crippen LogP contribution in [0.1, 0.15) is 57.6 Å². The molecule has 1 atom stereocenters. The zero-order valence-corrected chi connectivity index (χ0v) is 13.4. The Kier molecular flexibility index (Phi) is 3.71. The van der Waals surface area contributed by atoms with Gasteiger partial charge in [0.15, 0.2) is 0 Å². The summed E-state index contributed by atoms with van der Waals surface area (Å²) in [6, 6.07) is 8.66. The van der Waals surface area contributed by atoms with Crippen LogP contribution in [0.15, 0.2) is 30.3 Å². The number of benzene rings is 1. The number of β-amino-alcohol motifs (C(OH)–C–C–N with tert-alkyl or cyclic N) is 1. The van der Waals surface area contributed by atoms with Crippen molar-refractivity contribution < 1.29 is 5.11 Å². The highest BCUT2D eigenvalue weighted by Crippen LogP contribution is 2.51. The molecule has 2 heteroatoms. The first kappa shape index (κ1) is 14.8. The smallest absolute Gasteiger partial charge is 0.0917 e. The SMILES string of the molecule is CC(C)(C)NCC(O)C1=CC2(CCCC2)c2ccccc21. The molecule has 3 rings (SSSR count). The van der Waals surface area contributed by atoms with E-state index in [0.29, 0.717) is 6.54 Å². The predicted molar refractivity (Wildman–Crippen MR) is 88.3 cm³/mol. The van der Waals surface area contributed by atoms with Gasteiger partial charge in [-0.15, -0.1) is 0 Å². The van der Waals surface area contributed by atoms with Gasteiger partial charge in [0, 0.05) is 17.5 Å². The average Bonchev–Trinajstić information content (AvgIpc) is 3.03. The fraction of sp³-hybridized carbons (Fsp3) is 0.579. The molecule has 1 aromatic rings. The summed E-state index contributed by atoms with van der Waals surface area (Å²) in [5.74, 6) is 0. The number of fused-ring (bicyclic) bond motifs is 2. The molecule has 2 aliphatic carbocycles. The van der Waals surface area contributed by atoms with Crippen molar-refractivity contribution >= 4 is 5.57 Å². The van der Waals surface area contributed by atoms with Crippen LogP contribution < -0.4 is 5.32 Å². The largest absolute Gasteiger partial charge is 0.387 e.